The van der Waals surface area contributed by atoms with Crippen molar-refractivity contribution in [3.05, 3.63) is 54.5 Å². The number of nitrogens with zero attached hydrogens (tertiary/aromatic N) is 3. The van der Waals surface area contributed by atoms with Crippen LogP contribution in [-0.2, 0) is 10.0 Å². The molecular formula is C13H11N5O3S. The molecular weight excluding hydrogens is 306 g/mol. The first-order valence-corrected chi connectivity index (χ1v) is 7.73. The van der Waals surface area contributed by atoms with E-state index in [1.807, 2.05) is 0 Å². The zero-order valence-corrected chi connectivity index (χ0v) is 12.0. The molecule has 9 heteroatoms. The number of amides is 1. The molecule has 3 rings (SSSR count). The lowest BCUT2D eigenvalue weighted by atomic mass is 10.3. The van der Waals surface area contributed by atoms with Gasteiger partial charge in [-0.05, 0) is 30.3 Å². The molecule has 0 bridgehead atoms. The number of nitrogens with one attached hydrogen (secondary N) is 1. The lowest BCUT2D eigenvalue weighted by molar-refractivity contribution is 0.102. The maximum Gasteiger partial charge on any atom is 0.276 e. The van der Waals surface area contributed by atoms with Crippen LogP contribution >= 0.6 is 0 Å². The predicted molar refractivity (Wildman–Crippen MR) is 78.8 cm³/mol. The second-order valence-electron chi connectivity index (χ2n) is 4.48. The van der Waals surface area contributed by atoms with Gasteiger partial charge in [0, 0.05) is 24.1 Å². The van der Waals surface area contributed by atoms with Crippen LogP contribution in [-0.4, -0.2) is 28.9 Å². The van der Waals surface area contributed by atoms with Crippen LogP contribution in [0.4, 0.5) is 5.69 Å². The summed E-state index contributed by atoms with van der Waals surface area (Å²) in [6.07, 6.45) is 3.28. The van der Waals surface area contributed by atoms with Gasteiger partial charge in [-0.15, -0.1) is 0 Å². The third-order valence-electron chi connectivity index (χ3n) is 2.91. The Morgan fingerprint density at radius 3 is 2.59 bits per heavy atom. The van der Waals surface area contributed by atoms with Crippen molar-refractivity contribution in [2.45, 2.75) is 4.90 Å². The number of aromatic nitrogens is 3. The van der Waals surface area contributed by atoms with Crippen LogP contribution < -0.4 is 10.5 Å². The Labute approximate surface area is 125 Å². The van der Waals surface area contributed by atoms with Crippen molar-refractivity contribution in [3.8, 4) is 0 Å². The molecule has 0 radical (unpaired) electrons. The first kappa shape index (κ1) is 14.2. The fourth-order valence-corrected chi connectivity index (χ4v) is 2.38. The minimum absolute atomic E-state index is 0.0255. The van der Waals surface area contributed by atoms with E-state index in [4.69, 9.17) is 5.14 Å². The van der Waals surface area contributed by atoms with Crippen molar-refractivity contribution in [2.24, 2.45) is 5.14 Å². The number of fused-ring (bicyclic) bond motifs is 1. The zero-order valence-electron chi connectivity index (χ0n) is 11.2. The van der Waals surface area contributed by atoms with Crippen molar-refractivity contribution in [3.63, 3.8) is 0 Å². The topological polar surface area (TPSA) is 119 Å². The van der Waals surface area contributed by atoms with Gasteiger partial charge < -0.3 is 5.32 Å². The highest BCUT2D eigenvalue weighted by Crippen LogP contribution is 2.14. The Morgan fingerprint density at radius 2 is 1.95 bits per heavy atom. The third-order valence-corrected chi connectivity index (χ3v) is 3.84. The van der Waals surface area contributed by atoms with Crippen LogP contribution in [0.5, 0.6) is 0 Å². The first-order valence-electron chi connectivity index (χ1n) is 6.18. The zero-order chi connectivity index (χ0) is 15.7. The summed E-state index contributed by atoms with van der Waals surface area (Å²) < 4.78 is 23.8. The number of sulfonamides is 1. The number of hydrogen-bond acceptors (Lipinski definition) is 5. The minimum Gasteiger partial charge on any atom is -0.321 e. The second kappa shape index (κ2) is 5.20. The Hall–Kier alpha value is -2.78. The summed E-state index contributed by atoms with van der Waals surface area (Å²) in [5.41, 5.74) is 1.19. The normalized spacial score (nSPS) is 11.5. The maximum atomic E-state index is 12.1. The number of carbonyl (C=O) groups is 1. The Balaban J connectivity index is 1.82. The van der Waals surface area contributed by atoms with Crippen LogP contribution in [0.15, 0.2) is 53.7 Å². The number of primary sulfonamides is 1. The van der Waals surface area contributed by atoms with Crippen molar-refractivity contribution in [1.29, 1.82) is 0 Å². The van der Waals surface area contributed by atoms with E-state index in [9.17, 15) is 13.2 Å². The van der Waals surface area contributed by atoms with Gasteiger partial charge in [0.1, 0.15) is 0 Å². The van der Waals surface area contributed by atoms with Gasteiger partial charge >= 0.3 is 0 Å². The van der Waals surface area contributed by atoms with Crippen LogP contribution in [0.25, 0.3) is 5.65 Å². The van der Waals surface area contributed by atoms with Gasteiger partial charge in [0.15, 0.2) is 11.3 Å². The van der Waals surface area contributed by atoms with Gasteiger partial charge in [-0.1, -0.05) is 0 Å². The molecule has 3 aromatic rings. The van der Waals surface area contributed by atoms with Gasteiger partial charge in [-0.25, -0.2) is 23.1 Å². The Kier molecular flexibility index (Phi) is 3.35. The van der Waals surface area contributed by atoms with Crippen LogP contribution in [0.1, 0.15) is 10.5 Å². The number of nitrogens with two attached hydrogens (primary N) is 1. The summed E-state index contributed by atoms with van der Waals surface area (Å²) in [5.74, 6) is -0.422. The van der Waals surface area contributed by atoms with Crippen molar-refractivity contribution in [2.75, 3.05) is 5.32 Å². The van der Waals surface area contributed by atoms with E-state index < -0.39 is 15.9 Å². The summed E-state index contributed by atoms with van der Waals surface area (Å²) in [6.45, 7) is 0. The van der Waals surface area contributed by atoms with Gasteiger partial charge in [-0.2, -0.15) is 5.10 Å². The average molecular weight is 317 g/mol. The highest BCUT2D eigenvalue weighted by Gasteiger charge is 2.12. The van der Waals surface area contributed by atoms with Crippen molar-refractivity contribution in [1.82, 2.24) is 14.6 Å². The summed E-state index contributed by atoms with van der Waals surface area (Å²) in [6, 6.07) is 8.78. The molecule has 112 valence electrons. The van der Waals surface area contributed by atoms with Gasteiger partial charge in [0.2, 0.25) is 10.0 Å². The Bertz CT molecular complexity index is 914. The monoisotopic (exact) mass is 317 g/mol. The lowest BCUT2D eigenvalue weighted by Gasteiger charge is -2.04. The number of anilines is 1. The van der Waals surface area contributed by atoms with Gasteiger partial charge in [0.05, 0.1) is 4.90 Å². The summed E-state index contributed by atoms with van der Waals surface area (Å²) in [4.78, 5) is 16.2. The second-order valence-corrected chi connectivity index (χ2v) is 6.04. The molecule has 22 heavy (non-hydrogen) atoms. The predicted octanol–water partition coefficient (Wildman–Crippen LogP) is 0.629. The molecule has 1 amide bonds. The molecule has 2 aromatic heterocycles. The van der Waals surface area contributed by atoms with E-state index in [1.54, 1.807) is 24.5 Å². The molecule has 0 saturated carbocycles. The van der Waals surface area contributed by atoms with Crippen molar-refractivity contribution < 1.29 is 13.2 Å². The summed E-state index contributed by atoms with van der Waals surface area (Å²) in [5, 5.41) is 11.7. The SMILES string of the molecule is NS(=O)(=O)c1ccc(NC(=O)c2cc3ncccn3n2)cc1. The Morgan fingerprint density at radius 1 is 1.23 bits per heavy atom. The van der Waals surface area contributed by atoms with E-state index >= 15 is 0 Å². The smallest absolute Gasteiger partial charge is 0.276 e. The molecule has 1 aromatic carbocycles. The fraction of sp³-hybridized carbons (Fsp3) is 0. The molecule has 0 aliphatic rings. The number of rotatable bonds is 3. The molecule has 0 atom stereocenters. The molecule has 0 unspecified atom stereocenters. The van der Waals surface area contributed by atoms with E-state index in [-0.39, 0.29) is 10.6 Å². The molecule has 0 aliphatic heterocycles. The first-order chi connectivity index (χ1) is 10.4. The summed E-state index contributed by atoms with van der Waals surface area (Å²) in [7, 11) is -3.75. The number of benzene rings is 1. The van der Waals surface area contributed by atoms with E-state index in [2.05, 4.69) is 15.4 Å². The van der Waals surface area contributed by atoms with E-state index in [0.29, 0.717) is 11.3 Å². The van der Waals surface area contributed by atoms with Crippen LogP contribution in [0, 0.1) is 0 Å². The highest BCUT2D eigenvalue weighted by molar-refractivity contribution is 7.89. The molecule has 3 N–H and O–H groups in total. The standard InChI is InChI=1S/C13H11N5O3S/c14-22(20,21)10-4-2-9(3-5-10)16-13(19)11-8-12-15-6-1-7-18(12)17-11/h1-8H,(H,16,19)(H2,14,20,21). The van der Waals surface area contributed by atoms with Crippen LogP contribution in [0.2, 0.25) is 0 Å². The largest absolute Gasteiger partial charge is 0.321 e. The quantitative estimate of drug-likeness (QED) is 0.734. The molecule has 8 nitrogen and oxygen atoms in total. The van der Waals surface area contributed by atoms with E-state index in [0.717, 1.165) is 0 Å². The van der Waals surface area contributed by atoms with Gasteiger partial charge in [-0.3, -0.25) is 4.79 Å². The fourth-order valence-electron chi connectivity index (χ4n) is 1.86. The molecule has 0 aliphatic carbocycles. The highest BCUT2D eigenvalue weighted by atomic mass is 32.2. The minimum atomic E-state index is -3.75. The lowest BCUT2D eigenvalue weighted by Crippen LogP contribution is -2.14. The number of carbonyl (C=O) groups excluding carboxylic acids is 1. The maximum absolute atomic E-state index is 12.1. The third kappa shape index (κ3) is 2.80. The van der Waals surface area contributed by atoms with Crippen molar-refractivity contribution >= 4 is 27.3 Å². The van der Waals surface area contributed by atoms with Gasteiger partial charge in [0.25, 0.3) is 5.91 Å². The average Bonchev–Trinajstić information content (AvgIpc) is 2.91. The van der Waals surface area contributed by atoms with Crippen LogP contribution in [0.3, 0.4) is 0 Å². The molecule has 0 fully saturated rings. The molecule has 0 spiro atoms. The summed E-state index contributed by atoms with van der Waals surface area (Å²) >= 11 is 0. The molecule has 0 saturated heterocycles. The molecule has 2 heterocycles. The number of hydrogen-bond donors (Lipinski definition) is 2. The van der Waals surface area contributed by atoms with E-state index in [1.165, 1.54) is 28.8 Å².